The van der Waals surface area contributed by atoms with Crippen molar-refractivity contribution < 1.29 is 18.7 Å². The van der Waals surface area contributed by atoms with Gasteiger partial charge in [-0.25, -0.2) is 14.0 Å². The highest BCUT2D eigenvalue weighted by molar-refractivity contribution is 6.00. The summed E-state index contributed by atoms with van der Waals surface area (Å²) in [4.78, 5) is 38.5. The van der Waals surface area contributed by atoms with Gasteiger partial charge in [0, 0.05) is 37.3 Å². The number of hydrogen-bond donors (Lipinski definition) is 1. The number of esters is 1. The van der Waals surface area contributed by atoms with Crippen LogP contribution in [0.5, 0.6) is 0 Å². The quantitative estimate of drug-likeness (QED) is 0.805. The fourth-order valence-corrected chi connectivity index (χ4v) is 4.16. The third-order valence-corrected chi connectivity index (χ3v) is 5.40. The third kappa shape index (κ3) is 3.26. The molecule has 0 aliphatic carbocycles. The number of anilines is 1. The average Bonchev–Trinajstić information content (AvgIpc) is 2.69. The molecular formula is C20H20FN3O4. The molecule has 146 valence electrons. The number of aromatic nitrogens is 1. The van der Waals surface area contributed by atoms with Gasteiger partial charge in [0.2, 0.25) is 0 Å². The number of urea groups is 1. The van der Waals surface area contributed by atoms with E-state index >= 15 is 0 Å². The fraction of sp³-hybridized carbons (Fsp3) is 0.350. The van der Waals surface area contributed by atoms with Gasteiger partial charge in [-0.3, -0.25) is 4.79 Å². The Morgan fingerprint density at radius 1 is 1.18 bits per heavy atom. The number of carbonyl (C=O) groups excluding carboxylic acids is 2. The molecule has 2 aliphatic heterocycles. The lowest BCUT2D eigenvalue weighted by Crippen LogP contribution is -2.50. The minimum Gasteiger partial charge on any atom is -0.465 e. The van der Waals surface area contributed by atoms with Crippen LogP contribution in [0, 0.1) is 11.7 Å². The van der Waals surface area contributed by atoms with Gasteiger partial charge in [-0.05, 0) is 36.6 Å². The van der Waals surface area contributed by atoms with Crippen LogP contribution in [0.3, 0.4) is 0 Å². The van der Waals surface area contributed by atoms with Gasteiger partial charge in [0.1, 0.15) is 5.82 Å². The van der Waals surface area contributed by atoms with E-state index < -0.39 is 11.8 Å². The molecule has 3 heterocycles. The number of rotatable bonds is 2. The van der Waals surface area contributed by atoms with Crippen molar-refractivity contribution in [2.75, 3.05) is 25.5 Å². The zero-order valence-corrected chi connectivity index (χ0v) is 15.4. The van der Waals surface area contributed by atoms with E-state index in [0.717, 1.165) is 18.2 Å². The topological polar surface area (TPSA) is 80.6 Å². The highest BCUT2D eigenvalue weighted by atomic mass is 19.1. The van der Waals surface area contributed by atoms with E-state index in [2.05, 4.69) is 10.1 Å². The maximum Gasteiger partial charge on any atom is 0.340 e. The number of piperidine rings is 1. The normalized spacial score (nSPS) is 20.3. The van der Waals surface area contributed by atoms with Crippen LogP contribution in [0.15, 0.2) is 41.2 Å². The molecule has 2 atom stereocenters. The first-order valence-corrected chi connectivity index (χ1v) is 9.10. The van der Waals surface area contributed by atoms with Crippen molar-refractivity contribution in [3.63, 3.8) is 0 Å². The Hall–Kier alpha value is -3.16. The van der Waals surface area contributed by atoms with E-state index in [-0.39, 0.29) is 34.7 Å². The molecule has 2 bridgehead atoms. The second-order valence-corrected chi connectivity index (χ2v) is 7.21. The van der Waals surface area contributed by atoms with Crippen molar-refractivity contribution in [1.82, 2.24) is 9.47 Å². The van der Waals surface area contributed by atoms with Gasteiger partial charge in [0.05, 0.1) is 18.4 Å². The van der Waals surface area contributed by atoms with Gasteiger partial charge in [-0.15, -0.1) is 0 Å². The van der Waals surface area contributed by atoms with Crippen LogP contribution in [0.25, 0.3) is 0 Å². The number of benzene rings is 1. The molecule has 1 aromatic carbocycles. The van der Waals surface area contributed by atoms with Crippen LogP contribution >= 0.6 is 0 Å². The number of pyridine rings is 1. The average molecular weight is 385 g/mol. The first-order chi connectivity index (χ1) is 13.5. The Morgan fingerprint density at radius 2 is 2.00 bits per heavy atom. The Bertz CT molecular complexity index is 1000. The zero-order valence-electron chi connectivity index (χ0n) is 15.4. The highest BCUT2D eigenvalue weighted by Crippen LogP contribution is 2.35. The SMILES string of the molecule is COC(=O)c1cc(F)ccc1NC(=O)N1CC2CC(C1)c1cccc(=O)n1C2. The van der Waals surface area contributed by atoms with Gasteiger partial charge in [-0.2, -0.15) is 0 Å². The Labute approximate surface area is 160 Å². The number of ether oxygens (including phenoxy) is 1. The summed E-state index contributed by atoms with van der Waals surface area (Å²) in [6.07, 6.45) is 0.928. The van der Waals surface area contributed by atoms with Gasteiger partial charge in [-0.1, -0.05) is 6.07 Å². The lowest BCUT2D eigenvalue weighted by Gasteiger charge is -2.42. The molecule has 4 rings (SSSR count). The third-order valence-electron chi connectivity index (χ3n) is 5.40. The summed E-state index contributed by atoms with van der Waals surface area (Å²) in [5, 5.41) is 2.70. The number of carbonyl (C=O) groups is 2. The van der Waals surface area contributed by atoms with Gasteiger partial charge < -0.3 is 19.5 Å². The molecular weight excluding hydrogens is 365 g/mol. The van der Waals surface area contributed by atoms with Crippen molar-refractivity contribution in [2.45, 2.75) is 18.9 Å². The van der Waals surface area contributed by atoms with Crippen LogP contribution < -0.4 is 10.9 Å². The van der Waals surface area contributed by atoms with Crippen LogP contribution in [-0.2, 0) is 11.3 Å². The summed E-state index contributed by atoms with van der Waals surface area (Å²) in [6.45, 7) is 1.57. The summed E-state index contributed by atoms with van der Waals surface area (Å²) in [7, 11) is 1.20. The number of likely N-dealkylation sites (tertiary alicyclic amines) is 1. The van der Waals surface area contributed by atoms with Crippen molar-refractivity contribution in [1.29, 1.82) is 0 Å². The van der Waals surface area contributed by atoms with Crippen LogP contribution in [-0.4, -0.2) is 41.7 Å². The first kappa shape index (κ1) is 18.2. The number of nitrogens with zero attached hydrogens (tertiary/aromatic N) is 2. The van der Waals surface area contributed by atoms with Crippen molar-refractivity contribution >= 4 is 17.7 Å². The summed E-state index contributed by atoms with van der Waals surface area (Å²) in [6, 6.07) is 8.42. The molecule has 1 saturated heterocycles. The number of halogens is 1. The monoisotopic (exact) mass is 385 g/mol. The second-order valence-electron chi connectivity index (χ2n) is 7.21. The predicted octanol–water partition coefficient (Wildman–Crippen LogP) is 2.43. The molecule has 1 fully saturated rings. The Morgan fingerprint density at radius 3 is 2.79 bits per heavy atom. The minimum atomic E-state index is -0.724. The van der Waals surface area contributed by atoms with Crippen LogP contribution in [0.1, 0.15) is 28.4 Å². The highest BCUT2D eigenvalue weighted by Gasteiger charge is 2.36. The summed E-state index contributed by atoms with van der Waals surface area (Å²) < 4.78 is 20.0. The molecule has 2 amide bonds. The maximum absolute atomic E-state index is 13.5. The summed E-state index contributed by atoms with van der Waals surface area (Å²) >= 11 is 0. The number of methoxy groups -OCH3 is 1. The van der Waals surface area contributed by atoms with Gasteiger partial charge in [0.25, 0.3) is 5.56 Å². The molecule has 1 N–H and O–H groups in total. The standard InChI is InChI=1S/C20H20FN3O4/c1-28-19(26)15-8-14(21)5-6-16(15)22-20(27)23-9-12-7-13(11-23)17-3-2-4-18(25)24(17)10-12/h2-6,8,12-13H,7,9-11H2,1H3,(H,22,27). The first-order valence-electron chi connectivity index (χ1n) is 9.10. The molecule has 2 aliphatic rings. The molecule has 2 unspecified atom stereocenters. The van der Waals surface area contributed by atoms with Crippen molar-refractivity contribution in [3.05, 3.63) is 63.8 Å². The molecule has 7 nitrogen and oxygen atoms in total. The maximum atomic E-state index is 13.5. The largest absolute Gasteiger partial charge is 0.465 e. The number of hydrogen-bond acceptors (Lipinski definition) is 4. The molecule has 2 aromatic rings. The summed E-state index contributed by atoms with van der Waals surface area (Å²) in [5.41, 5.74) is 1.09. The number of amides is 2. The van der Waals surface area contributed by atoms with E-state index in [1.807, 2.05) is 6.07 Å². The summed E-state index contributed by atoms with van der Waals surface area (Å²) in [5.74, 6) is -1.04. The van der Waals surface area contributed by atoms with E-state index in [1.54, 1.807) is 21.6 Å². The van der Waals surface area contributed by atoms with E-state index in [9.17, 15) is 18.8 Å². The lowest BCUT2D eigenvalue weighted by atomic mass is 9.83. The minimum absolute atomic E-state index is 0.0147. The Kier molecular flexibility index (Phi) is 4.62. The molecule has 8 heteroatoms. The van der Waals surface area contributed by atoms with E-state index in [4.69, 9.17) is 0 Å². The molecule has 0 spiro atoms. The molecule has 0 radical (unpaired) electrons. The number of fused-ring (bicyclic) bond motifs is 4. The van der Waals surface area contributed by atoms with E-state index in [0.29, 0.717) is 19.6 Å². The molecule has 0 saturated carbocycles. The number of nitrogens with one attached hydrogen (secondary N) is 1. The van der Waals surface area contributed by atoms with E-state index in [1.165, 1.54) is 19.2 Å². The van der Waals surface area contributed by atoms with Crippen LogP contribution in [0.4, 0.5) is 14.9 Å². The lowest BCUT2D eigenvalue weighted by molar-refractivity contribution is 0.0601. The second kappa shape index (κ2) is 7.10. The van der Waals surface area contributed by atoms with Gasteiger partial charge in [0.15, 0.2) is 0 Å². The van der Waals surface area contributed by atoms with Crippen molar-refractivity contribution in [3.8, 4) is 0 Å². The predicted molar refractivity (Wildman–Crippen MR) is 99.9 cm³/mol. The zero-order chi connectivity index (χ0) is 19.8. The smallest absolute Gasteiger partial charge is 0.340 e. The molecule has 28 heavy (non-hydrogen) atoms. The fourth-order valence-electron chi connectivity index (χ4n) is 4.16. The van der Waals surface area contributed by atoms with Crippen molar-refractivity contribution in [2.24, 2.45) is 5.92 Å². The van der Waals surface area contributed by atoms with Crippen LogP contribution in [0.2, 0.25) is 0 Å². The Balaban J connectivity index is 1.55. The van der Waals surface area contributed by atoms with Gasteiger partial charge >= 0.3 is 12.0 Å². The molecule has 1 aromatic heterocycles.